The Morgan fingerprint density at radius 2 is 2.17 bits per heavy atom. The van der Waals surface area contributed by atoms with Gasteiger partial charge in [0.15, 0.2) is 0 Å². The van der Waals surface area contributed by atoms with E-state index in [9.17, 15) is 5.26 Å². The molecule has 1 aromatic heterocycles. The van der Waals surface area contributed by atoms with E-state index in [-0.39, 0.29) is 0 Å². The van der Waals surface area contributed by atoms with Crippen molar-refractivity contribution in [3.05, 3.63) is 34.5 Å². The van der Waals surface area contributed by atoms with Crippen LogP contribution in [0.3, 0.4) is 0 Å². The van der Waals surface area contributed by atoms with Crippen molar-refractivity contribution in [2.24, 2.45) is 7.05 Å². The van der Waals surface area contributed by atoms with Crippen molar-refractivity contribution in [2.75, 3.05) is 0 Å². The Kier molecular flexibility index (Phi) is 3.60. The van der Waals surface area contributed by atoms with E-state index in [2.05, 4.69) is 25.2 Å². The maximum Gasteiger partial charge on any atom is 0.125 e. The lowest BCUT2D eigenvalue weighted by atomic mass is 10.1. The topological polar surface area (TPSA) is 40.8 Å². The largest absolute Gasteiger partial charge is 0.335 e. The minimum absolute atomic E-state index is 0.381. The molecule has 0 unspecified atom stereocenters. The Morgan fingerprint density at radius 1 is 1.44 bits per heavy atom. The molecule has 0 aliphatic carbocycles. The van der Waals surface area contributed by atoms with E-state index in [0.717, 1.165) is 16.5 Å². The van der Waals surface area contributed by atoms with Gasteiger partial charge >= 0.3 is 0 Å². The molecule has 4 heteroatoms. The summed E-state index contributed by atoms with van der Waals surface area (Å²) in [5.74, 6) is 0. The van der Waals surface area contributed by atoms with Crippen LogP contribution in [-0.4, -0.2) is 10.6 Å². The quantitative estimate of drug-likeness (QED) is 0.922. The van der Waals surface area contributed by atoms with Gasteiger partial charge < -0.3 is 9.88 Å². The van der Waals surface area contributed by atoms with Gasteiger partial charge in [-0.25, -0.2) is 0 Å². The SMILES string of the molecule is CC(C)NCc1c(C#N)n(C)c2ccc(Cl)cc12. The fourth-order valence-electron chi connectivity index (χ4n) is 2.12. The average molecular weight is 262 g/mol. The number of hydrogen-bond donors (Lipinski definition) is 1. The summed E-state index contributed by atoms with van der Waals surface area (Å²) in [6.07, 6.45) is 0. The zero-order valence-corrected chi connectivity index (χ0v) is 11.5. The Morgan fingerprint density at radius 3 is 2.78 bits per heavy atom. The van der Waals surface area contributed by atoms with E-state index in [1.54, 1.807) is 0 Å². The predicted octanol–water partition coefficient (Wildman–Crippen LogP) is 3.20. The summed E-state index contributed by atoms with van der Waals surface area (Å²) in [5.41, 5.74) is 2.75. The number of rotatable bonds is 3. The summed E-state index contributed by atoms with van der Waals surface area (Å²) >= 11 is 6.05. The highest BCUT2D eigenvalue weighted by molar-refractivity contribution is 6.31. The van der Waals surface area contributed by atoms with Crippen LogP contribution in [0.25, 0.3) is 10.9 Å². The third kappa shape index (κ3) is 2.22. The average Bonchev–Trinajstić information content (AvgIpc) is 2.58. The highest BCUT2D eigenvalue weighted by Gasteiger charge is 2.15. The highest BCUT2D eigenvalue weighted by Crippen LogP contribution is 2.27. The summed E-state index contributed by atoms with van der Waals surface area (Å²) < 4.78 is 1.92. The number of nitrogens with zero attached hydrogens (tertiary/aromatic N) is 2. The van der Waals surface area contributed by atoms with Crippen molar-refractivity contribution in [3.63, 3.8) is 0 Å². The fraction of sp³-hybridized carbons (Fsp3) is 0.357. The Balaban J connectivity index is 2.61. The second-order valence-corrected chi connectivity index (χ2v) is 5.13. The first-order chi connectivity index (χ1) is 8.54. The van der Waals surface area contributed by atoms with Gasteiger partial charge in [0, 0.05) is 41.1 Å². The van der Waals surface area contributed by atoms with Crippen LogP contribution in [-0.2, 0) is 13.6 Å². The molecule has 18 heavy (non-hydrogen) atoms. The van der Waals surface area contributed by atoms with Crippen LogP contribution in [0.1, 0.15) is 25.1 Å². The number of aryl methyl sites for hydroxylation is 1. The van der Waals surface area contributed by atoms with Crippen LogP contribution < -0.4 is 5.32 Å². The minimum Gasteiger partial charge on any atom is -0.335 e. The molecular weight excluding hydrogens is 246 g/mol. The number of aromatic nitrogens is 1. The number of halogens is 1. The lowest BCUT2D eigenvalue weighted by Gasteiger charge is -2.07. The van der Waals surface area contributed by atoms with Crippen LogP contribution in [0.2, 0.25) is 5.02 Å². The van der Waals surface area contributed by atoms with Gasteiger partial charge in [-0.05, 0) is 18.2 Å². The standard InChI is InChI=1S/C14H16ClN3/c1-9(2)17-8-12-11-6-10(15)4-5-13(11)18(3)14(12)7-16/h4-6,9,17H,8H2,1-3H3. The highest BCUT2D eigenvalue weighted by atomic mass is 35.5. The van der Waals surface area contributed by atoms with E-state index >= 15 is 0 Å². The van der Waals surface area contributed by atoms with Gasteiger partial charge in [-0.3, -0.25) is 0 Å². The summed E-state index contributed by atoms with van der Waals surface area (Å²) in [7, 11) is 1.91. The van der Waals surface area contributed by atoms with E-state index in [1.165, 1.54) is 0 Å². The first kappa shape index (κ1) is 12.9. The normalized spacial score (nSPS) is 11.1. The van der Waals surface area contributed by atoms with E-state index in [0.29, 0.717) is 23.3 Å². The Bertz CT molecular complexity index is 620. The molecule has 3 nitrogen and oxygen atoms in total. The van der Waals surface area contributed by atoms with Crippen LogP contribution >= 0.6 is 11.6 Å². The van der Waals surface area contributed by atoms with Gasteiger partial charge in [0.25, 0.3) is 0 Å². The van der Waals surface area contributed by atoms with E-state index in [4.69, 9.17) is 11.6 Å². The van der Waals surface area contributed by atoms with Crippen molar-refractivity contribution < 1.29 is 0 Å². The number of benzene rings is 1. The summed E-state index contributed by atoms with van der Waals surface area (Å²) in [5, 5.41) is 14.4. The molecule has 0 spiro atoms. The second-order valence-electron chi connectivity index (χ2n) is 4.70. The van der Waals surface area contributed by atoms with Crippen molar-refractivity contribution in [2.45, 2.75) is 26.4 Å². The van der Waals surface area contributed by atoms with Crippen LogP contribution in [0.15, 0.2) is 18.2 Å². The predicted molar refractivity (Wildman–Crippen MR) is 74.6 cm³/mol. The molecule has 0 amide bonds. The Labute approximate surface area is 112 Å². The maximum absolute atomic E-state index is 9.30. The molecule has 0 saturated carbocycles. The third-order valence-electron chi connectivity index (χ3n) is 3.06. The molecular formula is C14H16ClN3. The molecule has 1 aromatic carbocycles. The smallest absolute Gasteiger partial charge is 0.125 e. The molecule has 0 radical (unpaired) electrons. The van der Waals surface area contributed by atoms with Gasteiger partial charge in [-0.15, -0.1) is 0 Å². The van der Waals surface area contributed by atoms with Crippen LogP contribution in [0.4, 0.5) is 0 Å². The lowest BCUT2D eigenvalue weighted by Crippen LogP contribution is -2.22. The minimum atomic E-state index is 0.381. The molecule has 0 fully saturated rings. The zero-order valence-electron chi connectivity index (χ0n) is 10.8. The van der Waals surface area contributed by atoms with Crippen LogP contribution in [0, 0.1) is 11.3 Å². The molecule has 2 aromatic rings. The zero-order chi connectivity index (χ0) is 13.3. The number of fused-ring (bicyclic) bond motifs is 1. The number of hydrogen-bond acceptors (Lipinski definition) is 2. The Hall–Kier alpha value is -1.50. The molecule has 94 valence electrons. The van der Waals surface area contributed by atoms with E-state index < -0.39 is 0 Å². The van der Waals surface area contributed by atoms with Crippen molar-refractivity contribution in [3.8, 4) is 6.07 Å². The molecule has 1 heterocycles. The van der Waals surface area contributed by atoms with Gasteiger partial charge in [-0.1, -0.05) is 25.4 Å². The van der Waals surface area contributed by atoms with Crippen molar-refractivity contribution in [1.29, 1.82) is 5.26 Å². The van der Waals surface area contributed by atoms with Crippen molar-refractivity contribution in [1.82, 2.24) is 9.88 Å². The molecule has 1 N–H and O–H groups in total. The van der Waals surface area contributed by atoms with Gasteiger partial charge in [0.2, 0.25) is 0 Å². The maximum atomic E-state index is 9.30. The molecule has 0 aliphatic rings. The van der Waals surface area contributed by atoms with Gasteiger partial charge in [-0.2, -0.15) is 5.26 Å². The van der Waals surface area contributed by atoms with Crippen molar-refractivity contribution >= 4 is 22.5 Å². The first-order valence-corrected chi connectivity index (χ1v) is 6.32. The van der Waals surface area contributed by atoms with Gasteiger partial charge in [0.1, 0.15) is 11.8 Å². The molecule has 0 aliphatic heterocycles. The monoisotopic (exact) mass is 261 g/mol. The number of nitriles is 1. The van der Waals surface area contributed by atoms with E-state index in [1.807, 2.05) is 29.8 Å². The molecule has 0 bridgehead atoms. The summed E-state index contributed by atoms with van der Waals surface area (Å²) in [6, 6.07) is 8.39. The third-order valence-corrected chi connectivity index (χ3v) is 3.29. The second kappa shape index (κ2) is 5.01. The summed E-state index contributed by atoms with van der Waals surface area (Å²) in [6.45, 7) is 4.85. The molecule has 0 saturated heterocycles. The molecule has 2 rings (SSSR count). The van der Waals surface area contributed by atoms with Gasteiger partial charge in [0.05, 0.1) is 0 Å². The lowest BCUT2D eigenvalue weighted by molar-refractivity contribution is 0.589. The first-order valence-electron chi connectivity index (χ1n) is 5.95. The fourth-order valence-corrected chi connectivity index (χ4v) is 2.29. The number of nitrogens with one attached hydrogen (secondary N) is 1. The summed E-state index contributed by atoms with van der Waals surface area (Å²) in [4.78, 5) is 0. The van der Waals surface area contributed by atoms with Crippen LogP contribution in [0.5, 0.6) is 0 Å². The molecule has 0 atom stereocenters.